The molecule has 4 nitrogen and oxygen atoms in total. The number of rotatable bonds is 3. The first kappa shape index (κ1) is 19.8. The molecular weight excluding hydrogens is 380 g/mol. The summed E-state index contributed by atoms with van der Waals surface area (Å²) >= 11 is 0. The van der Waals surface area contributed by atoms with E-state index < -0.39 is 0 Å². The first-order chi connectivity index (χ1) is 15.4. The average molecular weight is 417 g/mol. The monoisotopic (exact) mass is 416 g/mol. The molecule has 31 heavy (non-hydrogen) atoms. The first-order valence-electron chi connectivity index (χ1n) is 12.6. The number of pyridine rings is 1. The Balaban J connectivity index is 1.23. The van der Waals surface area contributed by atoms with E-state index in [9.17, 15) is 0 Å². The lowest BCUT2D eigenvalue weighted by Crippen LogP contribution is -2.50. The molecular formula is C27H36N4. The molecule has 4 heterocycles. The minimum Gasteiger partial charge on any atom is -0.371 e. The zero-order valence-electron chi connectivity index (χ0n) is 18.7. The van der Waals surface area contributed by atoms with E-state index in [1.807, 2.05) is 6.20 Å². The van der Waals surface area contributed by atoms with E-state index in [-0.39, 0.29) is 0 Å². The average Bonchev–Trinajstić information content (AvgIpc) is 2.84. The van der Waals surface area contributed by atoms with Crippen LogP contribution in [0.2, 0.25) is 0 Å². The summed E-state index contributed by atoms with van der Waals surface area (Å²) in [5.41, 5.74) is 7.52. The molecule has 2 saturated heterocycles. The van der Waals surface area contributed by atoms with Crippen LogP contribution in [-0.4, -0.2) is 42.1 Å². The van der Waals surface area contributed by atoms with Crippen molar-refractivity contribution >= 4 is 5.69 Å². The molecule has 1 aromatic carbocycles. The molecule has 2 aromatic rings. The van der Waals surface area contributed by atoms with E-state index in [1.54, 1.807) is 5.56 Å². The van der Waals surface area contributed by atoms with Crippen molar-refractivity contribution in [1.82, 2.24) is 15.2 Å². The van der Waals surface area contributed by atoms with Gasteiger partial charge in [-0.3, -0.25) is 9.88 Å². The Bertz CT molecular complexity index is 919. The van der Waals surface area contributed by atoms with Crippen molar-refractivity contribution in [3.8, 4) is 0 Å². The third-order valence-electron chi connectivity index (χ3n) is 8.28. The summed E-state index contributed by atoms with van der Waals surface area (Å²) in [5, 5.41) is 3.89. The SMILES string of the molecule is c1cnc2c(c1)CC[C@H]1CCCN(C[C@H]3Cc4c(cccc4N4CCCCC4)CN3)C21. The van der Waals surface area contributed by atoms with Gasteiger partial charge >= 0.3 is 0 Å². The van der Waals surface area contributed by atoms with Crippen LogP contribution in [0.15, 0.2) is 36.5 Å². The van der Waals surface area contributed by atoms with Gasteiger partial charge in [-0.25, -0.2) is 0 Å². The summed E-state index contributed by atoms with van der Waals surface area (Å²) < 4.78 is 0. The van der Waals surface area contributed by atoms with Gasteiger partial charge in [0.2, 0.25) is 0 Å². The molecule has 0 bridgehead atoms. The van der Waals surface area contributed by atoms with Gasteiger partial charge in [-0.1, -0.05) is 18.2 Å². The molecule has 1 aromatic heterocycles. The second-order valence-electron chi connectivity index (χ2n) is 10.2. The van der Waals surface area contributed by atoms with Gasteiger partial charge in [0.15, 0.2) is 0 Å². The van der Waals surface area contributed by atoms with Crippen molar-refractivity contribution < 1.29 is 0 Å². The molecule has 1 aliphatic carbocycles. The van der Waals surface area contributed by atoms with E-state index in [4.69, 9.17) is 4.98 Å². The van der Waals surface area contributed by atoms with Crippen LogP contribution in [0.4, 0.5) is 5.69 Å². The van der Waals surface area contributed by atoms with Crippen LogP contribution >= 0.6 is 0 Å². The lowest BCUT2D eigenvalue weighted by atomic mass is 9.76. The molecule has 3 aliphatic heterocycles. The van der Waals surface area contributed by atoms with Gasteiger partial charge in [0.1, 0.15) is 0 Å². The molecule has 0 spiro atoms. The van der Waals surface area contributed by atoms with E-state index >= 15 is 0 Å². The number of hydrogen-bond donors (Lipinski definition) is 1. The van der Waals surface area contributed by atoms with Gasteiger partial charge in [0.05, 0.1) is 11.7 Å². The highest BCUT2D eigenvalue weighted by Gasteiger charge is 2.38. The Morgan fingerprint density at radius 1 is 0.935 bits per heavy atom. The molecule has 1 N–H and O–H groups in total. The molecule has 4 heteroatoms. The molecule has 1 unspecified atom stereocenters. The van der Waals surface area contributed by atoms with Crippen molar-refractivity contribution in [2.45, 2.75) is 70.0 Å². The summed E-state index contributed by atoms with van der Waals surface area (Å²) in [5.74, 6) is 0.788. The van der Waals surface area contributed by atoms with E-state index in [2.05, 4.69) is 45.4 Å². The van der Waals surface area contributed by atoms with Crippen LogP contribution in [0, 0.1) is 5.92 Å². The number of aryl methyl sites for hydroxylation is 1. The summed E-state index contributed by atoms with van der Waals surface area (Å²) in [4.78, 5) is 10.3. The standard InChI is InChI=1S/C27H36N4/c1-2-14-30(15-3-1)25-10-4-7-22-18-29-23(17-24(22)25)19-31-16-6-9-21-12-11-20-8-5-13-28-26(20)27(21)31/h4-5,7-8,10,13,21,23,27,29H,1-3,6,9,11-12,14-19H2/t21-,23-,27?/m1/s1. The molecule has 0 amide bonds. The second-order valence-corrected chi connectivity index (χ2v) is 10.2. The number of benzene rings is 1. The summed E-state index contributed by atoms with van der Waals surface area (Å²) in [6.45, 7) is 5.83. The molecule has 3 atom stereocenters. The fraction of sp³-hybridized carbons (Fsp3) is 0.593. The highest BCUT2D eigenvalue weighted by Crippen LogP contribution is 2.43. The minimum atomic E-state index is 0.527. The Morgan fingerprint density at radius 3 is 2.77 bits per heavy atom. The fourth-order valence-electron chi connectivity index (χ4n) is 6.76. The summed E-state index contributed by atoms with van der Waals surface area (Å²) in [7, 11) is 0. The van der Waals surface area contributed by atoms with Crippen LogP contribution in [-0.2, 0) is 19.4 Å². The lowest BCUT2D eigenvalue weighted by molar-refractivity contribution is 0.0661. The van der Waals surface area contributed by atoms with Gasteiger partial charge < -0.3 is 10.2 Å². The molecule has 2 fully saturated rings. The summed E-state index contributed by atoms with van der Waals surface area (Å²) in [6.07, 6.45) is 12.5. The third kappa shape index (κ3) is 3.78. The number of piperidine rings is 2. The normalized spacial score (nSPS) is 28.5. The Labute approximate surface area is 187 Å². The number of hydrogen-bond acceptors (Lipinski definition) is 4. The molecule has 0 saturated carbocycles. The number of aromatic nitrogens is 1. The number of likely N-dealkylation sites (tertiary alicyclic amines) is 1. The lowest BCUT2D eigenvalue weighted by Gasteiger charge is -2.46. The second kappa shape index (κ2) is 8.55. The molecule has 164 valence electrons. The minimum absolute atomic E-state index is 0.527. The van der Waals surface area contributed by atoms with Crippen LogP contribution < -0.4 is 10.2 Å². The van der Waals surface area contributed by atoms with E-state index in [0.717, 1.165) is 25.4 Å². The van der Waals surface area contributed by atoms with Crippen LogP contribution in [0.5, 0.6) is 0 Å². The van der Waals surface area contributed by atoms with Gasteiger partial charge in [-0.2, -0.15) is 0 Å². The smallest absolute Gasteiger partial charge is 0.0610 e. The zero-order valence-corrected chi connectivity index (χ0v) is 18.7. The highest BCUT2D eigenvalue weighted by atomic mass is 15.2. The van der Waals surface area contributed by atoms with Gasteiger partial charge in [0, 0.05) is 44.1 Å². The van der Waals surface area contributed by atoms with Crippen molar-refractivity contribution in [3.63, 3.8) is 0 Å². The number of nitrogens with one attached hydrogen (secondary N) is 1. The zero-order chi connectivity index (χ0) is 20.6. The molecule has 0 radical (unpaired) electrons. The Morgan fingerprint density at radius 2 is 1.84 bits per heavy atom. The van der Waals surface area contributed by atoms with Gasteiger partial charge in [0.25, 0.3) is 0 Å². The van der Waals surface area contributed by atoms with Gasteiger partial charge in [-0.05, 0) is 92.7 Å². The first-order valence-corrected chi connectivity index (χ1v) is 12.6. The van der Waals surface area contributed by atoms with Crippen molar-refractivity contribution in [3.05, 3.63) is 58.9 Å². The van der Waals surface area contributed by atoms with Crippen LogP contribution in [0.1, 0.15) is 67.0 Å². The largest absolute Gasteiger partial charge is 0.371 e. The number of nitrogens with zero attached hydrogens (tertiary/aromatic N) is 3. The van der Waals surface area contributed by atoms with Gasteiger partial charge in [-0.15, -0.1) is 0 Å². The molecule has 6 rings (SSSR count). The fourth-order valence-corrected chi connectivity index (χ4v) is 6.76. The molecule has 4 aliphatic rings. The maximum absolute atomic E-state index is 4.89. The Kier molecular flexibility index (Phi) is 5.45. The third-order valence-corrected chi connectivity index (χ3v) is 8.28. The summed E-state index contributed by atoms with van der Waals surface area (Å²) in [6, 6.07) is 12.5. The predicted molar refractivity (Wildman–Crippen MR) is 126 cm³/mol. The van der Waals surface area contributed by atoms with Crippen molar-refractivity contribution in [2.24, 2.45) is 5.92 Å². The topological polar surface area (TPSA) is 31.4 Å². The number of anilines is 1. The predicted octanol–water partition coefficient (Wildman–Crippen LogP) is 4.49. The quantitative estimate of drug-likeness (QED) is 0.799. The maximum atomic E-state index is 4.89. The Hall–Kier alpha value is -1.91. The van der Waals surface area contributed by atoms with E-state index in [0.29, 0.717) is 12.1 Å². The van der Waals surface area contributed by atoms with E-state index in [1.165, 1.54) is 87.1 Å². The maximum Gasteiger partial charge on any atom is 0.0610 e. The van der Waals surface area contributed by atoms with Crippen LogP contribution in [0.3, 0.4) is 0 Å². The van der Waals surface area contributed by atoms with Crippen molar-refractivity contribution in [1.29, 1.82) is 0 Å². The van der Waals surface area contributed by atoms with Crippen molar-refractivity contribution in [2.75, 3.05) is 31.1 Å². The highest BCUT2D eigenvalue weighted by molar-refractivity contribution is 5.58. The number of fused-ring (bicyclic) bond motifs is 4. The van der Waals surface area contributed by atoms with Crippen LogP contribution in [0.25, 0.3) is 0 Å².